The first kappa shape index (κ1) is 14.7. The maximum atomic E-state index is 9.79. The Balaban J connectivity index is 2.09. The number of nitriles is 1. The summed E-state index contributed by atoms with van der Waals surface area (Å²) in [5, 5.41) is 46.8. The van der Waals surface area contributed by atoms with Crippen LogP contribution in [-0.2, 0) is 4.74 Å². The molecule has 5 atom stereocenters. The van der Waals surface area contributed by atoms with Crippen molar-refractivity contribution in [2.75, 3.05) is 6.61 Å². The average Bonchev–Trinajstić information content (AvgIpc) is 2.48. The maximum Gasteiger partial charge on any atom is 0.229 e. The lowest BCUT2D eigenvalue weighted by Crippen LogP contribution is -2.60. The van der Waals surface area contributed by atoms with Gasteiger partial charge >= 0.3 is 0 Å². The quantitative estimate of drug-likeness (QED) is 0.545. The van der Waals surface area contributed by atoms with Gasteiger partial charge in [0.05, 0.1) is 18.2 Å². The molecule has 2 rings (SSSR count). The molecule has 1 aliphatic heterocycles. The highest BCUT2D eigenvalue weighted by atomic mass is 16.7. The maximum absolute atomic E-state index is 9.79. The van der Waals surface area contributed by atoms with Crippen molar-refractivity contribution < 1.29 is 29.9 Å². The first-order chi connectivity index (χ1) is 9.56. The molecule has 1 aromatic carbocycles. The number of ether oxygens (including phenoxy) is 2. The van der Waals surface area contributed by atoms with E-state index in [1.165, 1.54) is 24.3 Å². The van der Waals surface area contributed by atoms with Crippen molar-refractivity contribution in [3.05, 3.63) is 29.8 Å². The number of rotatable bonds is 3. The van der Waals surface area contributed by atoms with Crippen molar-refractivity contribution in [3.63, 3.8) is 0 Å². The summed E-state index contributed by atoms with van der Waals surface area (Å²) in [5.41, 5.74) is 0.450. The highest BCUT2D eigenvalue weighted by Gasteiger charge is 2.44. The van der Waals surface area contributed by atoms with Gasteiger partial charge in [0.2, 0.25) is 6.29 Å². The largest absolute Gasteiger partial charge is 0.462 e. The molecule has 108 valence electrons. The zero-order chi connectivity index (χ0) is 14.7. The summed E-state index contributed by atoms with van der Waals surface area (Å²) in [6.07, 6.45) is -6.60. The third-order valence-corrected chi connectivity index (χ3v) is 3.08. The minimum absolute atomic E-state index is 0.327. The summed E-state index contributed by atoms with van der Waals surface area (Å²) in [7, 11) is 0. The lowest BCUT2D eigenvalue weighted by Gasteiger charge is -2.39. The molecule has 0 aromatic heterocycles. The summed E-state index contributed by atoms with van der Waals surface area (Å²) < 4.78 is 10.5. The van der Waals surface area contributed by atoms with Gasteiger partial charge in [0.1, 0.15) is 30.2 Å². The molecule has 0 bridgehead atoms. The Morgan fingerprint density at radius 3 is 2.30 bits per heavy atom. The molecule has 0 spiro atoms. The number of nitrogens with zero attached hydrogens (tertiary/aromatic N) is 1. The van der Waals surface area contributed by atoms with Crippen molar-refractivity contribution >= 4 is 0 Å². The van der Waals surface area contributed by atoms with Gasteiger partial charge in [-0.25, -0.2) is 0 Å². The van der Waals surface area contributed by atoms with E-state index < -0.39 is 37.3 Å². The average molecular weight is 281 g/mol. The van der Waals surface area contributed by atoms with Gasteiger partial charge in [0.15, 0.2) is 0 Å². The molecule has 1 heterocycles. The fraction of sp³-hybridized carbons (Fsp3) is 0.462. The van der Waals surface area contributed by atoms with E-state index in [0.717, 1.165) is 0 Å². The van der Waals surface area contributed by atoms with Crippen molar-refractivity contribution in [2.24, 2.45) is 0 Å². The SMILES string of the molecule is N#Cc1ccc(O[C@@H]2O[C@H](CO)[C@@H](O)[C@H](O)[C@H]2O)cc1. The van der Waals surface area contributed by atoms with E-state index >= 15 is 0 Å². The zero-order valence-corrected chi connectivity index (χ0v) is 10.5. The second-order valence-corrected chi connectivity index (χ2v) is 4.45. The van der Waals surface area contributed by atoms with E-state index in [1.54, 1.807) is 0 Å². The number of benzene rings is 1. The van der Waals surface area contributed by atoms with Crippen molar-refractivity contribution in [2.45, 2.75) is 30.7 Å². The third-order valence-electron chi connectivity index (χ3n) is 3.08. The molecule has 0 saturated carbocycles. The second kappa shape index (κ2) is 6.17. The summed E-state index contributed by atoms with van der Waals surface area (Å²) in [6.45, 7) is -0.516. The van der Waals surface area contributed by atoms with Gasteiger partial charge in [-0.15, -0.1) is 0 Å². The molecule has 1 aliphatic rings. The Labute approximate surface area is 115 Å². The minimum atomic E-state index is -1.48. The molecule has 4 N–H and O–H groups in total. The molecule has 7 heteroatoms. The van der Waals surface area contributed by atoms with Crippen LogP contribution in [0.25, 0.3) is 0 Å². The molecule has 7 nitrogen and oxygen atoms in total. The normalized spacial score (nSPS) is 33.5. The predicted octanol–water partition coefficient (Wildman–Crippen LogP) is -1.26. The minimum Gasteiger partial charge on any atom is -0.462 e. The molecule has 0 radical (unpaired) electrons. The first-order valence-corrected chi connectivity index (χ1v) is 6.04. The molecular formula is C13H15NO6. The number of hydrogen-bond acceptors (Lipinski definition) is 7. The van der Waals surface area contributed by atoms with Gasteiger partial charge in [-0.2, -0.15) is 5.26 Å². The predicted molar refractivity (Wildman–Crippen MR) is 65.6 cm³/mol. The molecule has 0 aliphatic carbocycles. The van der Waals surface area contributed by atoms with Crippen LogP contribution in [0.1, 0.15) is 5.56 Å². The summed E-state index contributed by atoms with van der Waals surface area (Å²) in [4.78, 5) is 0. The zero-order valence-electron chi connectivity index (χ0n) is 10.5. The molecule has 0 unspecified atom stereocenters. The highest BCUT2D eigenvalue weighted by molar-refractivity contribution is 5.34. The molecule has 1 aromatic rings. The van der Waals surface area contributed by atoms with Crippen LogP contribution in [0.3, 0.4) is 0 Å². The summed E-state index contributed by atoms with van der Waals surface area (Å²) in [6, 6.07) is 8.04. The van der Waals surface area contributed by atoms with Crippen LogP contribution in [0.15, 0.2) is 24.3 Å². The molecule has 1 saturated heterocycles. The Hall–Kier alpha value is -1.69. The lowest BCUT2D eigenvalue weighted by atomic mass is 9.99. The van der Waals surface area contributed by atoms with Crippen molar-refractivity contribution in [1.82, 2.24) is 0 Å². The van der Waals surface area contributed by atoms with E-state index in [0.29, 0.717) is 11.3 Å². The summed E-state index contributed by atoms with van der Waals surface area (Å²) >= 11 is 0. The molecule has 0 amide bonds. The second-order valence-electron chi connectivity index (χ2n) is 4.45. The Morgan fingerprint density at radius 1 is 1.10 bits per heavy atom. The number of aliphatic hydroxyl groups is 4. The Bertz CT molecular complexity index is 483. The van der Waals surface area contributed by atoms with Crippen molar-refractivity contribution in [3.8, 4) is 11.8 Å². The van der Waals surface area contributed by atoms with Crippen LogP contribution in [0.4, 0.5) is 0 Å². The fourth-order valence-corrected chi connectivity index (χ4v) is 1.91. The highest BCUT2D eigenvalue weighted by Crippen LogP contribution is 2.24. The standard InChI is InChI=1S/C13H15NO6/c14-5-7-1-3-8(4-2-7)19-13-12(18)11(17)10(16)9(6-15)20-13/h1-4,9-13,15-18H,6H2/t9-,10-,11+,12-,13-/m1/s1. The molecule has 1 fully saturated rings. The molecular weight excluding hydrogens is 266 g/mol. The van der Waals surface area contributed by atoms with Crippen LogP contribution in [0, 0.1) is 11.3 Å². The fourth-order valence-electron chi connectivity index (χ4n) is 1.91. The van der Waals surface area contributed by atoms with Crippen LogP contribution in [0.5, 0.6) is 5.75 Å². The van der Waals surface area contributed by atoms with E-state index in [9.17, 15) is 15.3 Å². The Kier molecular flexibility index (Phi) is 4.54. The van der Waals surface area contributed by atoms with Crippen LogP contribution in [-0.4, -0.2) is 57.7 Å². The Morgan fingerprint density at radius 2 is 1.75 bits per heavy atom. The van der Waals surface area contributed by atoms with Gasteiger partial charge in [0.25, 0.3) is 0 Å². The van der Waals surface area contributed by atoms with Gasteiger partial charge < -0.3 is 29.9 Å². The lowest BCUT2D eigenvalue weighted by molar-refractivity contribution is -0.277. The van der Waals surface area contributed by atoms with E-state index in [-0.39, 0.29) is 0 Å². The number of hydrogen-bond donors (Lipinski definition) is 4. The smallest absolute Gasteiger partial charge is 0.229 e. The number of aliphatic hydroxyl groups excluding tert-OH is 4. The van der Waals surface area contributed by atoms with E-state index in [4.69, 9.17) is 19.8 Å². The molecule has 20 heavy (non-hydrogen) atoms. The first-order valence-electron chi connectivity index (χ1n) is 6.04. The monoisotopic (exact) mass is 281 g/mol. The summed E-state index contributed by atoms with van der Waals surface area (Å²) in [5.74, 6) is 0.327. The van der Waals surface area contributed by atoms with Gasteiger partial charge in [-0.1, -0.05) is 0 Å². The van der Waals surface area contributed by atoms with Crippen LogP contribution >= 0.6 is 0 Å². The topological polar surface area (TPSA) is 123 Å². The van der Waals surface area contributed by atoms with E-state index in [1.807, 2.05) is 6.07 Å². The van der Waals surface area contributed by atoms with Gasteiger partial charge in [0, 0.05) is 0 Å². The van der Waals surface area contributed by atoms with Crippen LogP contribution in [0.2, 0.25) is 0 Å². The van der Waals surface area contributed by atoms with Gasteiger partial charge in [-0.05, 0) is 24.3 Å². The third kappa shape index (κ3) is 2.90. The van der Waals surface area contributed by atoms with Crippen molar-refractivity contribution in [1.29, 1.82) is 5.26 Å². The van der Waals surface area contributed by atoms with E-state index in [2.05, 4.69) is 0 Å². The van der Waals surface area contributed by atoms with Crippen LogP contribution < -0.4 is 4.74 Å². The van der Waals surface area contributed by atoms with Gasteiger partial charge in [-0.3, -0.25) is 0 Å².